The Morgan fingerprint density at radius 2 is 1.86 bits per heavy atom. The minimum absolute atomic E-state index is 0. The topological polar surface area (TPSA) is 65.5 Å². The molecule has 164 valence electrons. The molecule has 1 fully saturated rings. The summed E-state index contributed by atoms with van der Waals surface area (Å²) in [6, 6.07) is 2.79. The molecule has 0 aliphatic heterocycles. The van der Waals surface area contributed by atoms with Crippen molar-refractivity contribution in [3.8, 4) is 0 Å². The van der Waals surface area contributed by atoms with Gasteiger partial charge in [-0.2, -0.15) is 13.2 Å². The van der Waals surface area contributed by atoms with E-state index in [0.29, 0.717) is 12.6 Å². The molecule has 29 heavy (non-hydrogen) atoms. The van der Waals surface area contributed by atoms with Crippen molar-refractivity contribution in [2.24, 2.45) is 4.99 Å². The van der Waals surface area contributed by atoms with Crippen LogP contribution in [0.3, 0.4) is 0 Å². The van der Waals surface area contributed by atoms with Gasteiger partial charge in [-0.1, -0.05) is 25.3 Å². The van der Waals surface area contributed by atoms with Crippen LogP contribution in [-0.4, -0.2) is 31.5 Å². The van der Waals surface area contributed by atoms with Crippen LogP contribution in [-0.2, 0) is 17.5 Å². The van der Waals surface area contributed by atoms with Crippen LogP contribution in [0.15, 0.2) is 23.2 Å². The average Bonchev–Trinajstić information content (AvgIpc) is 2.65. The Morgan fingerprint density at radius 3 is 2.48 bits per heavy atom. The number of nitrogens with zero attached hydrogens (tertiary/aromatic N) is 1. The van der Waals surface area contributed by atoms with Crippen molar-refractivity contribution in [2.75, 3.05) is 13.6 Å². The van der Waals surface area contributed by atoms with Crippen LogP contribution in [0.1, 0.15) is 49.7 Å². The first-order chi connectivity index (χ1) is 13.3. The van der Waals surface area contributed by atoms with Gasteiger partial charge in [0.2, 0.25) is 5.91 Å². The number of aliphatic imine (C=N–C) groups is 1. The number of carbonyl (C=O) groups is 1. The second kappa shape index (κ2) is 12.2. The quantitative estimate of drug-likeness (QED) is 0.226. The predicted octanol–water partition coefficient (Wildman–Crippen LogP) is 3.97. The smallest absolute Gasteiger partial charge is 0.356 e. The first-order valence-electron chi connectivity index (χ1n) is 9.39. The van der Waals surface area contributed by atoms with Crippen LogP contribution >= 0.6 is 24.0 Å². The Labute approximate surface area is 185 Å². The highest BCUT2D eigenvalue weighted by atomic mass is 127. The number of benzene rings is 1. The SMILES string of the molecule is CN=C(NCCC(=O)NC1CCCCC1)NCc1ccc(F)cc1C(F)(F)F.I. The van der Waals surface area contributed by atoms with E-state index < -0.39 is 17.6 Å². The summed E-state index contributed by atoms with van der Waals surface area (Å²) in [6.07, 6.45) is 1.06. The second-order valence-corrected chi connectivity index (χ2v) is 6.80. The van der Waals surface area contributed by atoms with E-state index in [9.17, 15) is 22.4 Å². The third-order valence-corrected chi connectivity index (χ3v) is 4.66. The molecule has 0 atom stereocenters. The Kier molecular flexibility index (Phi) is 10.7. The number of halogens is 5. The lowest BCUT2D eigenvalue weighted by atomic mass is 9.95. The minimum Gasteiger partial charge on any atom is -0.356 e. The standard InChI is InChI=1S/C19H26F4N4O.HI/c1-24-18(25-10-9-17(28)27-15-5-3-2-4-6-15)26-12-13-7-8-14(20)11-16(13)19(21,22)23;/h7-8,11,15H,2-6,9-10,12H2,1H3,(H,27,28)(H2,24,25,26);1H. The molecule has 0 radical (unpaired) electrons. The van der Waals surface area contributed by atoms with Crippen LogP contribution in [0.25, 0.3) is 0 Å². The number of rotatable bonds is 6. The van der Waals surface area contributed by atoms with E-state index in [4.69, 9.17) is 0 Å². The van der Waals surface area contributed by atoms with E-state index in [0.717, 1.165) is 37.8 Å². The van der Waals surface area contributed by atoms with Crippen molar-refractivity contribution < 1.29 is 22.4 Å². The van der Waals surface area contributed by atoms with Crippen LogP contribution in [0.2, 0.25) is 0 Å². The van der Waals surface area contributed by atoms with E-state index in [1.54, 1.807) is 0 Å². The predicted molar refractivity (Wildman–Crippen MR) is 115 cm³/mol. The number of nitrogens with one attached hydrogen (secondary N) is 3. The molecule has 0 unspecified atom stereocenters. The van der Waals surface area contributed by atoms with Gasteiger partial charge in [-0.15, -0.1) is 24.0 Å². The van der Waals surface area contributed by atoms with E-state index in [1.807, 2.05) is 0 Å². The Morgan fingerprint density at radius 1 is 1.17 bits per heavy atom. The van der Waals surface area contributed by atoms with Gasteiger partial charge < -0.3 is 16.0 Å². The fraction of sp³-hybridized carbons (Fsp3) is 0.579. The van der Waals surface area contributed by atoms with E-state index >= 15 is 0 Å². The lowest BCUT2D eigenvalue weighted by Gasteiger charge is -2.22. The van der Waals surface area contributed by atoms with Gasteiger partial charge in [-0.25, -0.2) is 4.39 Å². The maximum absolute atomic E-state index is 13.2. The zero-order valence-electron chi connectivity index (χ0n) is 16.2. The fourth-order valence-electron chi connectivity index (χ4n) is 3.21. The van der Waals surface area contributed by atoms with Gasteiger partial charge in [0, 0.05) is 32.6 Å². The monoisotopic (exact) mass is 530 g/mol. The number of hydrogen-bond acceptors (Lipinski definition) is 2. The van der Waals surface area contributed by atoms with Crippen molar-refractivity contribution in [1.29, 1.82) is 0 Å². The second-order valence-electron chi connectivity index (χ2n) is 6.80. The van der Waals surface area contributed by atoms with Crippen molar-refractivity contribution in [1.82, 2.24) is 16.0 Å². The first kappa shape index (κ1) is 25.4. The van der Waals surface area contributed by atoms with E-state index in [-0.39, 0.29) is 60.4 Å². The Hall–Kier alpha value is -1.59. The maximum Gasteiger partial charge on any atom is 0.416 e. The largest absolute Gasteiger partial charge is 0.416 e. The van der Waals surface area contributed by atoms with Gasteiger partial charge in [0.15, 0.2) is 5.96 Å². The molecule has 10 heteroatoms. The molecule has 1 saturated carbocycles. The molecular weight excluding hydrogens is 503 g/mol. The van der Waals surface area contributed by atoms with Gasteiger partial charge in [-0.05, 0) is 30.5 Å². The van der Waals surface area contributed by atoms with Gasteiger partial charge >= 0.3 is 6.18 Å². The third kappa shape index (κ3) is 8.75. The summed E-state index contributed by atoms with van der Waals surface area (Å²) in [4.78, 5) is 15.9. The number of carbonyl (C=O) groups excluding carboxylic acids is 1. The van der Waals surface area contributed by atoms with Crippen LogP contribution in [0.5, 0.6) is 0 Å². The van der Waals surface area contributed by atoms with Crippen LogP contribution < -0.4 is 16.0 Å². The molecule has 0 saturated heterocycles. The molecule has 1 amide bonds. The molecule has 1 aromatic rings. The molecular formula is C19H27F4IN4O. The molecule has 2 rings (SSSR count). The summed E-state index contributed by atoms with van der Waals surface area (Å²) < 4.78 is 52.3. The normalized spacial score (nSPS) is 15.4. The molecule has 3 N–H and O–H groups in total. The minimum atomic E-state index is -4.65. The molecule has 0 heterocycles. The highest BCUT2D eigenvalue weighted by molar-refractivity contribution is 14.0. The van der Waals surface area contributed by atoms with Gasteiger partial charge in [0.25, 0.3) is 0 Å². The summed E-state index contributed by atoms with van der Waals surface area (Å²) in [5, 5.41) is 8.66. The number of amides is 1. The highest BCUT2D eigenvalue weighted by Crippen LogP contribution is 2.32. The summed E-state index contributed by atoms with van der Waals surface area (Å²) in [6.45, 7) is 0.122. The summed E-state index contributed by atoms with van der Waals surface area (Å²) in [5.41, 5.74) is -1.12. The lowest BCUT2D eigenvalue weighted by Crippen LogP contribution is -2.41. The summed E-state index contributed by atoms with van der Waals surface area (Å²) in [7, 11) is 1.48. The first-order valence-corrected chi connectivity index (χ1v) is 9.39. The van der Waals surface area contributed by atoms with Gasteiger partial charge in [0.1, 0.15) is 5.82 Å². The summed E-state index contributed by atoms with van der Waals surface area (Å²) in [5.74, 6) is -0.738. The highest BCUT2D eigenvalue weighted by Gasteiger charge is 2.33. The molecule has 1 aromatic carbocycles. The van der Waals surface area contributed by atoms with Crippen molar-refractivity contribution in [3.05, 3.63) is 35.1 Å². The number of hydrogen-bond donors (Lipinski definition) is 3. The number of guanidine groups is 1. The van der Waals surface area contributed by atoms with Gasteiger partial charge in [0.05, 0.1) is 5.56 Å². The molecule has 5 nitrogen and oxygen atoms in total. The Balaban J connectivity index is 0.00000420. The third-order valence-electron chi connectivity index (χ3n) is 4.66. The molecule has 0 spiro atoms. The van der Waals surface area contributed by atoms with Crippen LogP contribution in [0, 0.1) is 5.82 Å². The zero-order valence-corrected chi connectivity index (χ0v) is 18.6. The molecule has 1 aliphatic rings. The maximum atomic E-state index is 13.2. The molecule has 0 bridgehead atoms. The molecule has 1 aliphatic carbocycles. The van der Waals surface area contributed by atoms with Crippen molar-refractivity contribution in [3.63, 3.8) is 0 Å². The van der Waals surface area contributed by atoms with E-state index in [2.05, 4.69) is 20.9 Å². The Bertz CT molecular complexity index is 691. The zero-order chi connectivity index (χ0) is 20.6. The summed E-state index contributed by atoms with van der Waals surface area (Å²) >= 11 is 0. The lowest BCUT2D eigenvalue weighted by molar-refractivity contribution is -0.138. The fourth-order valence-corrected chi connectivity index (χ4v) is 3.21. The van der Waals surface area contributed by atoms with Crippen molar-refractivity contribution in [2.45, 2.75) is 57.3 Å². The molecule has 0 aromatic heterocycles. The van der Waals surface area contributed by atoms with E-state index in [1.165, 1.54) is 13.5 Å². The van der Waals surface area contributed by atoms with Crippen LogP contribution in [0.4, 0.5) is 17.6 Å². The van der Waals surface area contributed by atoms with Gasteiger partial charge in [-0.3, -0.25) is 9.79 Å². The average molecular weight is 530 g/mol. The van der Waals surface area contributed by atoms with Crippen molar-refractivity contribution >= 4 is 35.8 Å². The number of alkyl halides is 3.